The Morgan fingerprint density at radius 3 is 2.50 bits per heavy atom. The lowest BCUT2D eigenvalue weighted by Gasteiger charge is -2.46. The fraction of sp³-hybridized carbons (Fsp3) is 0.462. The first-order valence-corrected chi connectivity index (χ1v) is 7.85. The molecule has 1 amide bonds. The Morgan fingerprint density at radius 1 is 1.35 bits per heavy atom. The monoisotopic (exact) mass is 298 g/mol. The predicted molar refractivity (Wildman–Crippen MR) is 74.2 cm³/mol. The highest BCUT2D eigenvalue weighted by Gasteiger charge is 2.48. The molecule has 1 aromatic carbocycles. The van der Waals surface area contributed by atoms with E-state index in [4.69, 9.17) is 0 Å². The summed E-state index contributed by atoms with van der Waals surface area (Å²) in [5.41, 5.74) is -1.04. The maximum absolute atomic E-state index is 12.7. The highest BCUT2D eigenvalue weighted by atomic mass is 32.2. The molecule has 1 aliphatic rings. The number of rotatable bonds is 2. The minimum absolute atomic E-state index is 0.192. The number of carboxylic acid groups (broad SMARTS) is 1. The molecular weight excluding hydrogens is 280 g/mol. The van der Waals surface area contributed by atoms with E-state index in [1.165, 1.54) is 17.0 Å². The lowest BCUT2D eigenvalue weighted by molar-refractivity contribution is 0.0673. The summed E-state index contributed by atoms with van der Waals surface area (Å²) < 4.78 is 25.4. The quantitative estimate of drug-likeness (QED) is 0.855. The molecule has 2 rings (SSSR count). The van der Waals surface area contributed by atoms with Crippen LogP contribution in [0.1, 0.15) is 13.8 Å². The number of sulfone groups is 1. The van der Waals surface area contributed by atoms with Crippen LogP contribution in [0.4, 0.5) is 4.79 Å². The van der Waals surface area contributed by atoms with E-state index in [1.807, 2.05) is 0 Å². The Kier molecular flexibility index (Phi) is 3.75. The Bertz CT molecular complexity index is 598. The van der Waals surface area contributed by atoms with E-state index in [0.717, 1.165) is 0 Å². The Labute approximate surface area is 118 Å². The average Bonchev–Trinajstić information content (AvgIpc) is 2.38. The summed E-state index contributed by atoms with van der Waals surface area (Å²) in [7, 11) is -3.65. The molecule has 0 saturated carbocycles. The van der Waals surface area contributed by atoms with E-state index in [2.05, 4.69) is 5.32 Å². The molecule has 1 aromatic rings. The van der Waals surface area contributed by atoms with Crippen LogP contribution in [0.3, 0.4) is 0 Å². The van der Waals surface area contributed by atoms with Crippen molar-refractivity contribution in [2.24, 2.45) is 0 Å². The minimum Gasteiger partial charge on any atom is -0.465 e. The van der Waals surface area contributed by atoms with Crippen molar-refractivity contribution < 1.29 is 18.3 Å². The van der Waals surface area contributed by atoms with Gasteiger partial charge in [-0.15, -0.1) is 0 Å². The topological polar surface area (TPSA) is 86.7 Å². The van der Waals surface area contributed by atoms with Gasteiger partial charge in [0.25, 0.3) is 0 Å². The molecule has 0 spiro atoms. The van der Waals surface area contributed by atoms with Gasteiger partial charge < -0.3 is 5.11 Å². The maximum Gasteiger partial charge on any atom is 0.407 e. The first-order valence-electron chi connectivity index (χ1n) is 6.31. The summed E-state index contributed by atoms with van der Waals surface area (Å²) in [5, 5.41) is 11.2. The van der Waals surface area contributed by atoms with Gasteiger partial charge in [0.05, 0.1) is 10.4 Å². The van der Waals surface area contributed by atoms with Gasteiger partial charge in [-0.1, -0.05) is 18.2 Å². The zero-order chi connectivity index (χ0) is 15.0. The van der Waals surface area contributed by atoms with E-state index < -0.39 is 26.8 Å². The lowest BCUT2D eigenvalue weighted by atomic mass is 10.0. The summed E-state index contributed by atoms with van der Waals surface area (Å²) in [6, 6.07) is 8.08. The fourth-order valence-electron chi connectivity index (χ4n) is 2.56. The van der Waals surface area contributed by atoms with Crippen LogP contribution in [0.15, 0.2) is 35.2 Å². The second-order valence-electron chi connectivity index (χ2n) is 5.28. The van der Waals surface area contributed by atoms with Gasteiger partial charge in [0.1, 0.15) is 5.37 Å². The van der Waals surface area contributed by atoms with E-state index in [9.17, 15) is 18.3 Å². The predicted octanol–water partition coefficient (Wildman–Crippen LogP) is 1.15. The molecule has 1 aliphatic heterocycles. The molecule has 7 heteroatoms. The van der Waals surface area contributed by atoms with Gasteiger partial charge in [-0.05, 0) is 26.0 Å². The number of hydrogen-bond acceptors (Lipinski definition) is 4. The Balaban J connectivity index is 2.44. The first kappa shape index (κ1) is 14.8. The van der Waals surface area contributed by atoms with E-state index >= 15 is 0 Å². The Hall–Kier alpha value is -1.60. The third kappa shape index (κ3) is 2.38. The summed E-state index contributed by atoms with van der Waals surface area (Å²) in [6.45, 7) is 3.83. The molecule has 0 bridgehead atoms. The number of benzene rings is 1. The van der Waals surface area contributed by atoms with Crippen molar-refractivity contribution >= 4 is 15.9 Å². The fourth-order valence-corrected chi connectivity index (χ4v) is 4.60. The normalized spacial score (nSPS) is 22.5. The molecule has 1 atom stereocenters. The summed E-state index contributed by atoms with van der Waals surface area (Å²) in [6.07, 6.45) is -1.11. The number of nitrogens with zero attached hydrogens (tertiary/aromatic N) is 1. The van der Waals surface area contributed by atoms with Crippen molar-refractivity contribution in [3.8, 4) is 0 Å². The van der Waals surface area contributed by atoms with E-state index in [0.29, 0.717) is 6.54 Å². The second-order valence-corrected chi connectivity index (χ2v) is 7.31. The third-order valence-corrected chi connectivity index (χ3v) is 5.91. The third-order valence-electron chi connectivity index (χ3n) is 3.62. The molecule has 6 nitrogen and oxygen atoms in total. The number of hydrogen-bond donors (Lipinski definition) is 2. The number of amides is 1. The van der Waals surface area contributed by atoms with Crippen LogP contribution in [0.25, 0.3) is 0 Å². The van der Waals surface area contributed by atoms with Crippen LogP contribution in [0.5, 0.6) is 0 Å². The standard InChI is InChI=1S/C13H18N2O4S/c1-13(2)11(14-8-9-15(13)12(16)17)20(18,19)10-6-4-3-5-7-10/h3-7,11,14H,8-9H2,1-2H3,(H,16,17). The van der Waals surface area contributed by atoms with E-state index in [1.54, 1.807) is 32.0 Å². The van der Waals surface area contributed by atoms with Crippen molar-refractivity contribution in [1.29, 1.82) is 0 Å². The van der Waals surface area contributed by atoms with Gasteiger partial charge in [0, 0.05) is 13.1 Å². The van der Waals surface area contributed by atoms with Gasteiger partial charge in [-0.2, -0.15) is 0 Å². The molecular formula is C13H18N2O4S. The summed E-state index contributed by atoms with van der Waals surface area (Å²) >= 11 is 0. The molecule has 20 heavy (non-hydrogen) atoms. The minimum atomic E-state index is -3.65. The maximum atomic E-state index is 12.7. The van der Waals surface area contributed by atoms with Crippen LogP contribution in [-0.4, -0.2) is 48.5 Å². The summed E-state index contributed by atoms with van der Waals surface area (Å²) in [4.78, 5) is 12.6. The van der Waals surface area contributed by atoms with Crippen molar-refractivity contribution in [2.75, 3.05) is 13.1 Å². The molecule has 1 heterocycles. The molecule has 1 unspecified atom stereocenters. The van der Waals surface area contributed by atoms with Gasteiger partial charge in [-0.25, -0.2) is 13.2 Å². The smallest absolute Gasteiger partial charge is 0.407 e. The number of piperazine rings is 1. The molecule has 1 saturated heterocycles. The second kappa shape index (κ2) is 5.06. The highest BCUT2D eigenvalue weighted by Crippen LogP contribution is 2.29. The van der Waals surface area contributed by atoms with Crippen molar-refractivity contribution in [2.45, 2.75) is 29.7 Å². The van der Waals surface area contributed by atoms with Crippen LogP contribution < -0.4 is 5.32 Å². The van der Waals surface area contributed by atoms with Gasteiger partial charge >= 0.3 is 6.09 Å². The van der Waals surface area contributed by atoms with Crippen LogP contribution in [0.2, 0.25) is 0 Å². The number of carbonyl (C=O) groups is 1. The van der Waals surface area contributed by atoms with Crippen LogP contribution in [0, 0.1) is 0 Å². The van der Waals surface area contributed by atoms with Gasteiger partial charge in [-0.3, -0.25) is 10.2 Å². The molecule has 110 valence electrons. The highest BCUT2D eigenvalue weighted by molar-refractivity contribution is 7.92. The first-order chi connectivity index (χ1) is 9.28. The largest absolute Gasteiger partial charge is 0.465 e. The molecule has 1 fully saturated rings. The molecule has 0 aromatic heterocycles. The SMILES string of the molecule is CC1(C)C(S(=O)(=O)c2ccccc2)NCCN1C(=O)O. The molecule has 0 aliphatic carbocycles. The van der Waals surface area contributed by atoms with Crippen molar-refractivity contribution in [3.63, 3.8) is 0 Å². The van der Waals surface area contributed by atoms with Gasteiger partial charge in [0.2, 0.25) is 0 Å². The zero-order valence-corrected chi connectivity index (χ0v) is 12.2. The van der Waals surface area contributed by atoms with Crippen molar-refractivity contribution in [1.82, 2.24) is 10.2 Å². The van der Waals surface area contributed by atoms with Crippen LogP contribution >= 0.6 is 0 Å². The Morgan fingerprint density at radius 2 is 1.95 bits per heavy atom. The lowest BCUT2D eigenvalue weighted by Crippen LogP contribution is -2.67. The molecule has 2 N–H and O–H groups in total. The number of nitrogens with one attached hydrogen (secondary N) is 1. The average molecular weight is 298 g/mol. The van der Waals surface area contributed by atoms with Crippen molar-refractivity contribution in [3.05, 3.63) is 30.3 Å². The zero-order valence-electron chi connectivity index (χ0n) is 11.4. The van der Waals surface area contributed by atoms with Crippen LogP contribution in [-0.2, 0) is 9.84 Å². The van der Waals surface area contributed by atoms with Gasteiger partial charge in [0.15, 0.2) is 9.84 Å². The molecule has 0 radical (unpaired) electrons. The summed E-state index contributed by atoms with van der Waals surface area (Å²) in [5.74, 6) is 0. The van der Waals surface area contributed by atoms with E-state index in [-0.39, 0.29) is 11.4 Å².